The number of aromatic nitrogens is 2. The van der Waals surface area contributed by atoms with Gasteiger partial charge in [-0.2, -0.15) is 0 Å². The van der Waals surface area contributed by atoms with E-state index in [-0.39, 0.29) is 12.5 Å². The Morgan fingerprint density at radius 2 is 1.72 bits per heavy atom. The molecule has 1 aromatic heterocycles. The van der Waals surface area contributed by atoms with Gasteiger partial charge in [-0.25, -0.2) is 4.98 Å². The molecule has 29 heavy (non-hydrogen) atoms. The maximum atomic E-state index is 11.9. The Hall–Kier alpha value is -2.67. The molecule has 0 aliphatic rings. The summed E-state index contributed by atoms with van der Waals surface area (Å²) >= 11 is 0. The van der Waals surface area contributed by atoms with Gasteiger partial charge >= 0.3 is 11.9 Å². The second kappa shape index (κ2) is 10.2. The van der Waals surface area contributed by atoms with Crippen LogP contribution in [0.4, 0.5) is 0 Å². The summed E-state index contributed by atoms with van der Waals surface area (Å²) in [6, 6.07) is 7.45. The highest BCUT2D eigenvalue weighted by Crippen LogP contribution is 2.19. The van der Waals surface area contributed by atoms with E-state index in [1.54, 1.807) is 12.5 Å². The van der Waals surface area contributed by atoms with Crippen molar-refractivity contribution in [3.63, 3.8) is 0 Å². The molecule has 0 radical (unpaired) electrons. The van der Waals surface area contributed by atoms with Crippen molar-refractivity contribution in [2.24, 2.45) is 5.92 Å². The Kier molecular flexibility index (Phi) is 7.96. The fraction of sp³-hybridized carbons (Fsp3) is 0.500. The smallest absolute Gasteiger partial charge is 0.320 e. The molecule has 158 valence electrons. The van der Waals surface area contributed by atoms with E-state index < -0.39 is 23.9 Å². The Morgan fingerprint density at radius 3 is 2.24 bits per heavy atom. The summed E-state index contributed by atoms with van der Waals surface area (Å²) < 4.78 is 1.81. The summed E-state index contributed by atoms with van der Waals surface area (Å²) in [5, 5.41) is 22.0. The molecule has 0 aliphatic carbocycles. The summed E-state index contributed by atoms with van der Waals surface area (Å²) in [6.45, 7) is 8.68. The molecule has 2 unspecified atom stereocenters. The van der Waals surface area contributed by atoms with E-state index >= 15 is 0 Å². The number of imidazole rings is 1. The van der Waals surface area contributed by atoms with Crippen molar-refractivity contribution in [2.75, 3.05) is 6.54 Å². The number of benzene rings is 1. The van der Waals surface area contributed by atoms with Crippen LogP contribution < -0.4 is 5.32 Å². The van der Waals surface area contributed by atoms with Gasteiger partial charge in [-0.05, 0) is 29.4 Å². The Labute approximate surface area is 171 Å². The summed E-state index contributed by atoms with van der Waals surface area (Å²) in [7, 11) is 0. The minimum Gasteiger partial charge on any atom is -0.481 e. The molecule has 0 saturated heterocycles. The average molecular weight is 402 g/mol. The van der Waals surface area contributed by atoms with Crippen molar-refractivity contribution in [3.8, 4) is 0 Å². The van der Waals surface area contributed by atoms with E-state index in [1.165, 1.54) is 5.56 Å². The fourth-order valence-electron chi connectivity index (χ4n) is 3.28. The number of hydrogen-bond donors (Lipinski definition) is 3. The summed E-state index contributed by atoms with van der Waals surface area (Å²) in [4.78, 5) is 27.5. The zero-order valence-electron chi connectivity index (χ0n) is 17.5. The lowest BCUT2D eigenvalue weighted by molar-refractivity contribution is -0.142. The second-order valence-corrected chi connectivity index (χ2v) is 8.16. The van der Waals surface area contributed by atoms with Crippen LogP contribution in [0.25, 0.3) is 0 Å². The Morgan fingerprint density at radius 1 is 1.07 bits per heavy atom. The van der Waals surface area contributed by atoms with Crippen molar-refractivity contribution in [1.29, 1.82) is 0 Å². The van der Waals surface area contributed by atoms with Gasteiger partial charge in [0.1, 0.15) is 12.0 Å². The lowest BCUT2D eigenvalue weighted by Crippen LogP contribution is -2.41. The first-order valence-electron chi connectivity index (χ1n) is 9.96. The maximum Gasteiger partial charge on any atom is 0.320 e. The molecule has 0 fully saturated rings. The van der Waals surface area contributed by atoms with Gasteiger partial charge in [0.2, 0.25) is 0 Å². The molecular formula is C22H31N3O4. The second-order valence-electron chi connectivity index (χ2n) is 8.16. The summed E-state index contributed by atoms with van der Waals surface area (Å²) in [5.74, 6) is -2.24. The highest BCUT2D eigenvalue weighted by molar-refractivity contribution is 5.76. The molecule has 0 bridgehead atoms. The van der Waals surface area contributed by atoms with E-state index in [9.17, 15) is 19.8 Å². The van der Waals surface area contributed by atoms with Crippen LogP contribution in [0, 0.1) is 5.92 Å². The van der Waals surface area contributed by atoms with Crippen LogP contribution >= 0.6 is 0 Å². The number of carboxylic acid groups (broad SMARTS) is 2. The average Bonchev–Trinajstić information content (AvgIpc) is 3.08. The summed E-state index contributed by atoms with van der Waals surface area (Å²) in [5.41, 5.74) is 2.85. The fourth-order valence-corrected chi connectivity index (χ4v) is 3.28. The molecule has 1 heterocycles. The van der Waals surface area contributed by atoms with Crippen LogP contribution in [0.15, 0.2) is 36.8 Å². The van der Waals surface area contributed by atoms with Crippen molar-refractivity contribution in [2.45, 2.75) is 58.5 Å². The highest BCUT2D eigenvalue weighted by Gasteiger charge is 2.27. The van der Waals surface area contributed by atoms with Crippen molar-refractivity contribution in [3.05, 3.63) is 53.6 Å². The van der Waals surface area contributed by atoms with Gasteiger partial charge in [0.15, 0.2) is 0 Å². The Bertz CT molecular complexity index is 812. The molecule has 7 heteroatoms. The number of hydrogen-bond acceptors (Lipinski definition) is 4. The van der Waals surface area contributed by atoms with Crippen LogP contribution in [-0.2, 0) is 16.1 Å². The van der Waals surface area contributed by atoms with Crippen molar-refractivity contribution >= 4 is 11.9 Å². The number of nitrogens with one attached hydrogen (secondary N) is 1. The first kappa shape index (κ1) is 22.6. The number of carboxylic acids is 2. The highest BCUT2D eigenvalue weighted by atomic mass is 16.4. The normalized spacial score (nSPS) is 13.6. The molecule has 0 spiro atoms. The third-order valence-corrected chi connectivity index (χ3v) is 4.97. The van der Waals surface area contributed by atoms with E-state index in [0.717, 1.165) is 5.56 Å². The molecule has 7 nitrogen and oxygen atoms in total. The number of carbonyl (C=O) groups is 2. The van der Waals surface area contributed by atoms with Gasteiger partial charge in [-0.1, -0.05) is 52.0 Å². The number of nitrogens with zero attached hydrogens (tertiary/aromatic N) is 2. The minimum atomic E-state index is -1.01. The van der Waals surface area contributed by atoms with E-state index in [2.05, 4.69) is 36.3 Å². The lowest BCUT2D eigenvalue weighted by Gasteiger charge is -2.20. The number of rotatable bonds is 11. The van der Waals surface area contributed by atoms with Gasteiger partial charge in [0, 0.05) is 19.3 Å². The SMILES string of the molecule is CC(C)CC(NCC(C(=O)O)c1cncn1Cc1ccc(C(C)C)cc1)C(=O)O. The van der Waals surface area contributed by atoms with Gasteiger partial charge in [-0.15, -0.1) is 0 Å². The molecule has 1 aromatic carbocycles. The molecule has 2 atom stereocenters. The monoisotopic (exact) mass is 401 g/mol. The zero-order chi connectivity index (χ0) is 21.6. The quantitative estimate of drug-likeness (QED) is 0.534. The third-order valence-electron chi connectivity index (χ3n) is 4.97. The maximum absolute atomic E-state index is 11.9. The lowest BCUT2D eigenvalue weighted by atomic mass is 10.0. The van der Waals surface area contributed by atoms with Gasteiger partial charge in [-0.3, -0.25) is 9.59 Å². The molecule has 0 amide bonds. The minimum absolute atomic E-state index is 0.0248. The van der Waals surface area contributed by atoms with Crippen molar-refractivity contribution < 1.29 is 19.8 Å². The van der Waals surface area contributed by atoms with Gasteiger partial charge in [0.05, 0.1) is 12.0 Å². The standard InChI is InChI=1S/C22H31N3O4/c1-14(2)9-19(22(28)29)24-10-18(21(26)27)20-11-23-13-25(20)12-16-5-7-17(8-6-16)15(3)4/h5-8,11,13-15,18-19,24H,9-10,12H2,1-4H3,(H,26,27)(H,28,29). The van der Waals surface area contributed by atoms with Crippen LogP contribution in [0.2, 0.25) is 0 Å². The first-order valence-corrected chi connectivity index (χ1v) is 9.96. The zero-order valence-corrected chi connectivity index (χ0v) is 17.5. The molecule has 2 aromatic rings. The Balaban J connectivity index is 2.15. The molecule has 0 aliphatic heterocycles. The predicted octanol–water partition coefficient (Wildman–Crippen LogP) is 3.31. The van der Waals surface area contributed by atoms with Crippen molar-refractivity contribution in [1.82, 2.24) is 14.9 Å². The number of aliphatic carboxylic acids is 2. The van der Waals surface area contributed by atoms with Crippen LogP contribution in [-0.4, -0.2) is 44.3 Å². The predicted molar refractivity (Wildman–Crippen MR) is 111 cm³/mol. The van der Waals surface area contributed by atoms with Crippen LogP contribution in [0.5, 0.6) is 0 Å². The topological polar surface area (TPSA) is 104 Å². The largest absolute Gasteiger partial charge is 0.481 e. The van der Waals surface area contributed by atoms with Crippen LogP contribution in [0.1, 0.15) is 62.8 Å². The molecule has 0 saturated carbocycles. The van der Waals surface area contributed by atoms with E-state index in [1.807, 2.05) is 30.5 Å². The molecule has 2 rings (SSSR count). The van der Waals surface area contributed by atoms with E-state index in [0.29, 0.717) is 24.6 Å². The third kappa shape index (κ3) is 6.42. The van der Waals surface area contributed by atoms with Crippen LogP contribution in [0.3, 0.4) is 0 Å². The first-order chi connectivity index (χ1) is 13.7. The van der Waals surface area contributed by atoms with Gasteiger partial charge < -0.3 is 20.1 Å². The summed E-state index contributed by atoms with van der Waals surface area (Å²) in [6.07, 6.45) is 3.59. The molecular weight excluding hydrogens is 370 g/mol. The van der Waals surface area contributed by atoms with Gasteiger partial charge in [0.25, 0.3) is 0 Å². The van der Waals surface area contributed by atoms with E-state index in [4.69, 9.17) is 0 Å². The molecule has 3 N–H and O–H groups in total.